The van der Waals surface area contributed by atoms with Gasteiger partial charge in [-0.2, -0.15) is 25.5 Å². The summed E-state index contributed by atoms with van der Waals surface area (Å²) in [4.78, 5) is 9.02. The molecule has 2 aromatic carbocycles. The van der Waals surface area contributed by atoms with Gasteiger partial charge in [0.25, 0.3) is 0 Å². The summed E-state index contributed by atoms with van der Waals surface area (Å²) in [5, 5.41) is 39.2. The molecule has 4 rings (SSSR count). The highest BCUT2D eigenvalue weighted by atomic mass is 16.5. The summed E-state index contributed by atoms with van der Waals surface area (Å²) in [5.41, 5.74) is 5.27. The van der Waals surface area contributed by atoms with Gasteiger partial charge in [0.1, 0.15) is 19.2 Å². The van der Waals surface area contributed by atoms with E-state index in [2.05, 4.69) is 26.7 Å². The number of ether oxygens (including phenoxy) is 1. The first-order valence-corrected chi connectivity index (χ1v) is 14.7. The monoisotopic (exact) mass is 610 g/mol. The molecule has 0 spiro atoms. The standard InChI is InChI=1S/C39H28N7O/c1-44-39(45-2)37(30-13-7-4-8-14-30)34(26-41)18-10-16-32-20-19-31(38(32)46-21-23-47-24-22-46)15-9-17-33(25-40)36(35(27-42)28-43)29-11-5-3-6-12-29/h3-18H,19-24H2/q-1/b16-10+,17-9+,31-15+,34-18+,36-33-. The van der Waals surface area contributed by atoms with Crippen LogP contribution in [0.15, 0.2) is 137 Å². The van der Waals surface area contributed by atoms with Gasteiger partial charge in [0.15, 0.2) is 0 Å². The molecule has 1 heterocycles. The summed E-state index contributed by atoms with van der Waals surface area (Å²) >= 11 is 0. The first kappa shape index (κ1) is 33.2. The molecule has 0 radical (unpaired) electrons. The summed E-state index contributed by atoms with van der Waals surface area (Å²) in [7, 11) is 0. The Labute approximate surface area is 275 Å². The molecular formula is C39H28N7O-. The number of nitrogens with zero attached hydrogens (tertiary/aromatic N) is 7. The number of nitriles is 3. The molecule has 47 heavy (non-hydrogen) atoms. The quantitative estimate of drug-likeness (QED) is 0.125. The van der Waals surface area contributed by atoms with Gasteiger partial charge in [-0.3, -0.25) is 0 Å². The van der Waals surface area contributed by atoms with Crippen LogP contribution >= 0.6 is 0 Å². The van der Waals surface area contributed by atoms with Crippen LogP contribution < -0.4 is 0 Å². The van der Waals surface area contributed by atoms with Crippen molar-refractivity contribution in [3.05, 3.63) is 176 Å². The largest absolute Gasteiger partial charge is 0.762 e. The lowest BCUT2D eigenvalue weighted by atomic mass is 9.94. The third-order valence-electron chi connectivity index (χ3n) is 7.53. The van der Waals surface area contributed by atoms with Gasteiger partial charge in [-0.25, -0.2) is 5.87 Å². The number of benzene rings is 2. The Balaban J connectivity index is 1.75. The van der Waals surface area contributed by atoms with Gasteiger partial charge < -0.3 is 15.0 Å². The van der Waals surface area contributed by atoms with E-state index in [0.717, 1.165) is 29.7 Å². The van der Waals surface area contributed by atoms with Crippen LogP contribution in [-0.4, -0.2) is 37.1 Å². The summed E-state index contributed by atoms with van der Waals surface area (Å²) in [6, 6.07) is 24.2. The Bertz CT molecular complexity index is 1980. The van der Waals surface area contributed by atoms with Gasteiger partial charge in [-0.1, -0.05) is 85.0 Å². The van der Waals surface area contributed by atoms with Crippen LogP contribution in [0.5, 0.6) is 0 Å². The maximum atomic E-state index is 10.0. The minimum Gasteiger partial charge on any atom is -0.762 e. The van der Waals surface area contributed by atoms with E-state index in [0.29, 0.717) is 43.0 Å². The zero-order valence-corrected chi connectivity index (χ0v) is 25.5. The summed E-state index contributed by atoms with van der Waals surface area (Å²) in [6.07, 6.45) is 12.2. The average Bonchev–Trinajstić information content (AvgIpc) is 3.53. The minimum atomic E-state index is -0.168. The van der Waals surface area contributed by atoms with Crippen molar-refractivity contribution in [1.29, 1.82) is 15.8 Å². The molecule has 0 unspecified atom stereocenters. The van der Waals surface area contributed by atoms with Crippen molar-refractivity contribution in [2.45, 2.75) is 12.8 Å². The molecule has 2 aliphatic rings. The first-order valence-electron chi connectivity index (χ1n) is 14.7. The fourth-order valence-electron chi connectivity index (χ4n) is 5.43. The Kier molecular flexibility index (Phi) is 12.0. The minimum absolute atomic E-state index is 0.137. The fraction of sp³-hybridized carbons (Fsp3) is 0.154. The topological polar surface area (TPSA) is 115 Å². The summed E-state index contributed by atoms with van der Waals surface area (Å²) < 4.78 is 5.60. The van der Waals surface area contributed by atoms with Crippen LogP contribution in [0.2, 0.25) is 0 Å². The molecule has 0 aromatic heterocycles. The molecule has 8 heteroatoms. The molecule has 1 aliphatic carbocycles. The highest BCUT2D eigenvalue weighted by molar-refractivity contribution is 5.96. The Hall–Kier alpha value is -6.72. The van der Waals surface area contributed by atoms with Crippen molar-refractivity contribution >= 4 is 17.0 Å². The van der Waals surface area contributed by atoms with E-state index in [1.165, 1.54) is 0 Å². The van der Waals surface area contributed by atoms with E-state index in [4.69, 9.17) is 17.9 Å². The third-order valence-corrected chi connectivity index (χ3v) is 7.53. The fourth-order valence-corrected chi connectivity index (χ4v) is 5.43. The zero-order chi connectivity index (χ0) is 33.4. The molecule has 1 saturated heterocycles. The third kappa shape index (κ3) is 8.06. The Morgan fingerprint density at radius 1 is 0.830 bits per heavy atom. The Morgan fingerprint density at radius 3 is 2.02 bits per heavy atom. The molecule has 0 amide bonds. The van der Waals surface area contributed by atoms with E-state index >= 15 is 0 Å². The first-order chi connectivity index (χ1) is 23.1. The highest BCUT2D eigenvalue weighted by Gasteiger charge is 2.25. The van der Waals surface area contributed by atoms with Crippen LogP contribution in [0.4, 0.5) is 0 Å². The van der Waals surface area contributed by atoms with Crippen LogP contribution in [0.1, 0.15) is 24.0 Å². The molecule has 2 aromatic rings. The van der Waals surface area contributed by atoms with Crippen LogP contribution in [0.3, 0.4) is 0 Å². The van der Waals surface area contributed by atoms with Crippen molar-refractivity contribution in [3.8, 4) is 18.2 Å². The normalized spacial score (nSPS) is 16.0. The predicted octanol–water partition coefficient (Wildman–Crippen LogP) is 7.73. The number of allylic oxidation sites excluding steroid dienone is 13. The average molecular weight is 611 g/mol. The van der Waals surface area contributed by atoms with Gasteiger partial charge in [0, 0.05) is 24.4 Å². The number of hydrogen-bond donors (Lipinski definition) is 0. The van der Waals surface area contributed by atoms with Gasteiger partial charge >= 0.3 is 5.82 Å². The zero-order valence-electron chi connectivity index (χ0n) is 25.5. The van der Waals surface area contributed by atoms with Crippen molar-refractivity contribution in [1.82, 2.24) is 4.90 Å². The maximum absolute atomic E-state index is 10.0. The highest BCUT2D eigenvalue weighted by Crippen LogP contribution is 2.36. The molecule has 226 valence electrons. The van der Waals surface area contributed by atoms with E-state index in [1.807, 2.05) is 36.2 Å². The maximum Gasteiger partial charge on any atom is 0.528 e. The molecule has 0 atom stereocenters. The van der Waals surface area contributed by atoms with Crippen LogP contribution in [0.25, 0.3) is 26.2 Å². The molecule has 8 nitrogen and oxygen atoms in total. The molecule has 1 fully saturated rings. The molecule has 0 saturated carbocycles. The molecule has 0 bridgehead atoms. The number of morpholine rings is 1. The number of rotatable bonds is 9. The second-order valence-electron chi connectivity index (χ2n) is 10.2. The van der Waals surface area contributed by atoms with Gasteiger partial charge in [0.05, 0.1) is 47.6 Å². The van der Waals surface area contributed by atoms with Gasteiger partial charge in [-0.15, -0.1) is 0 Å². The number of hydrogen-bond acceptors (Lipinski definition) is 5. The lowest BCUT2D eigenvalue weighted by Gasteiger charge is -2.31. The van der Waals surface area contributed by atoms with Gasteiger partial charge in [0.2, 0.25) is 0 Å². The van der Waals surface area contributed by atoms with E-state index < -0.39 is 0 Å². The van der Waals surface area contributed by atoms with Crippen molar-refractivity contribution < 1.29 is 4.74 Å². The SMILES string of the molecule is [C-]#[N+]C([N+]#[C-])=C(/C(C#N)=C/C=C/C1=C(N2CCOCC2)C(=C/C=C/C(C#N)=C(/C(=C=[N-])C#N)c2ccccc2)/CC1)c1ccccc1. The van der Waals surface area contributed by atoms with Gasteiger partial charge in [-0.05, 0) is 47.3 Å². The van der Waals surface area contributed by atoms with Crippen LogP contribution in [0, 0.1) is 47.1 Å². The van der Waals surface area contributed by atoms with Crippen LogP contribution in [-0.2, 0) is 4.74 Å². The molecule has 0 N–H and O–H groups in total. The molecule has 1 aliphatic heterocycles. The Morgan fingerprint density at radius 2 is 1.47 bits per heavy atom. The van der Waals surface area contributed by atoms with E-state index in [9.17, 15) is 21.2 Å². The second kappa shape index (κ2) is 16.9. The van der Waals surface area contributed by atoms with E-state index in [1.54, 1.807) is 72.8 Å². The lowest BCUT2D eigenvalue weighted by Crippen LogP contribution is -2.36. The lowest BCUT2D eigenvalue weighted by molar-refractivity contribution is 0.0547. The molecular weight excluding hydrogens is 582 g/mol. The van der Waals surface area contributed by atoms with Crippen molar-refractivity contribution in [2.75, 3.05) is 26.3 Å². The van der Waals surface area contributed by atoms with Crippen molar-refractivity contribution in [2.24, 2.45) is 0 Å². The second-order valence-corrected chi connectivity index (χ2v) is 10.2. The summed E-state index contributed by atoms with van der Waals surface area (Å²) in [6.45, 7) is 17.6. The van der Waals surface area contributed by atoms with E-state index in [-0.39, 0.29) is 28.1 Å². The smallest absolute Gasteiger partial charge is 0.528 e. The van der Waals surface area contributed by atoms with Crippen molar-refractivity contribution in [3.63, 3.8) is 0 Å². The predicted molar refractivity (Wildman–Crippen MR) is 182 cm³/mol. The summed E-state index contributed by atoms with van der Waals surface area (Å²) in [5.74, 6) is 1.75.